The minimum Gasteiger partial charge on any atom is -0.362 e. The Hall–Kier alpha value is -1.94. The van der Waals surface area contributed by atoms with Gasteiger partial charge in [0.2, 0.25) is 0 Å². The Morgan fingerprint density at radius 1 is 1.42 bits per heavy atom. The van der Waals surface area contributed by atoms with Gasteiger partial charge in [-0.05, 0) is 38.6 Å². The van der Waals surface area contributed by atoms with E-state index in [9.17, 15) is 4.79 Å². The van der Waals surface area contributed by atoms with Crippen LogP contribution in [-0.2, 0) is 6.54 Å². The van der Waals surface area contributed by atoms with E-state index in [-0.39, 0.29) is 5.78 Å². The van der Waals surface area contributed by atoms with Gasteiger partial charge in [0.1, 0.15) is 0 Å². The van der Waals surface area contributed by atoms with Crippen LogP contribution in [-0.4, -0.2) is 34.2 Å². The van der Waals surface area contributed by atoms with E-state index in [2.05, 4.69) is 9.97 Å². The number of carbonyl (C=O) groups excluding carboxylic acids is 1. The first kappa shape index (κ1) is 13.5. The molecule has 100 valence electrons. The lowest BCUT2D eigenvalue weighted by atomic mass is 10.1. The quantitative estimate of drug-likeness (QED) is 0.836. The first-order valence-corrected chi connectivity index (χ1v) is 6.33. The molecule has 0 radical (unpaired) electrons. The number of Topliss-reactive ketones (excluding diaryl/α,β-unsaturated/α-hetero) is 1. The lowest BCUT2D eigenvalue weighted by molar-refractivity contribution is 0.0942. The van der Waals surface area contributed by atoms with Crippen LogP contribution < -0.4 is 0 Å². The van der Waals surface area contributed by atoms with Crippen LogP contribution in [0.3, 0.4) is 0 Å². The SMILES string of the molecule is Cc1cc(C(=O)CN(C)Cc2cccnc2)c(C)[nH]1. The predicted octanol–water partition coefficient (Wildman–Crippen LogP) is 2.34. The van der Waals surface area contributed by atoms with E-state index >= 15 is 0 Å². The monoisotopic (exact) mass is 257 g/mol. The molecule has 0 aromatic carbocycles. The number of hydrogen-bond acceptors (Lipinski definition) is 3. The molecule has 4 nitrogen and oxygen atoms in total. The molecular weight excluding hydrogens is 238 g/mol. The third kappa shape index (κ3) is 3.51. The van der Waals surface area contributed by atoms with Crippen LogP contribution in [0.1, 0.15) is 27.3 Å². The molecule has 0 bridgehead atoms. The van der Waals surface area contributed by atoms with E-state index in [1.54, 1.807) is 6.20 Å². The number of H-pyrrole nitrogens is 1. The van der Waals surface area contributed by atoms with Crippen LogP contribution in [0.25, 0.3) is 0 Å². The zero-order valence-corrected chi connectivity index (χ0v) is 11.6. The molecule has 0 amide bonds. The van der Waals surface area contributed by atoms with E-state index in [1.165, 1.54) is 0 Å². The van der Waals surface area contributed by atoms with Crippen molar-refractivity contribution >= 4 is 5.78 Å². The number of aromatic amines is 1. The highest BCUT2D eigenvalue weighted by molar-refractivity contribution is 5.98. The molecule has 2 heterocycles. The number of nitrogens with one attached hydrogen (secondary N) is 1. The average molecular weight is 257 g/mol. The molecule has 0 unspecified atom stereocenters. The summed E-state index contributed by atoms with van der Waals surface area (Å²) in [6, 6.07) is 5.83. The molecule has 0 spiro atoms. The highest BCUT2D eigenvalue weighted by Gasteiger charge is 2.13. The highest BCUT2D eigenvalue weighted by atomic mass is 16.1. The van der Waals surface area contributed by atoms with E-state index in [1.807, 2.05) is 50.2 Å². The van der Waals surface area contributed by atoms with Crippen molar-refractivity contribution in [3.63, 3.8) is 0 Å². The normalized spacial score (nSPS) is 10.9. The number of nitrogens with zero attached hydrogens (tertiary/aromatic N) is 2. The molecule has 0 aliphatic rings. The molecule has 19 heavy (non-hydrogen) atoms. The predicted molar refractivity (Wildman–Crippen MR) is 75.2 cm³/mol. The van der Waals surface area contributed by atoms with Crippen molar-refractivity contribution in [1.29, 1.82) is 0 Å². The number of likely N-dealkylation sites (N-methyl/N-ethyl adjacent to an activating group) is 1. The van der Waals surface area contributed by atoms with Gasteiger partial charge in [-0.25, -0.2) is 0 Å². The summed E-state index contributed by atoms with van der Waals surface area (Å²) in [4.78, 5) is 21.4. The highest BCUT2D eigenvalue weighted by Crippen LogP contribution is 2.11. The number of rotatable bonds is 5. The van der Waals surface area contributed by atoms with Gasteiger partial charge in [0.05, 0.1) is 6.54 Å². The van der Waals surface area contributed by atoms with E-state index in [4.69, 9.17) is 0 Å². The Bertz CT molecular complexity index is 560. The number of aryl methyl sites for hydroxylation is 2. The van der Waals surface area contributed by atoms with Gasteiger partial charge in [0.25, 0.3) is 0 Å². The Kier molecular flexibility index (Phi) is 4.12. The summed E-state index contributed by atoms with van der Waals surface area (Å²) < 4.78 is 0. The molecule has 0 fully saturated rings. The minimum atomic E-state index is 0.147. The number of hydrogen-bond donors (Lipinski definition) is 1. The summed E-state index contributed by atoms with van der Waals surface area (Å²) in [5.41, 5.74) is 3.86. The molecular formula is C15H19N3O. The van der Waals surface area contributed by atoms with Crippen LogP contribution in [0, 0.1) is 13.8 Å². The van der Waals surface area contributed by atoms with E-state index in [0.29, 0.717) is 6.54 Å². The van der Waals surface area contributed by atoms with Crippen molar-refractivity contribution in [2.24, 2.45) is 0 Å². The molecule has 1 N–H and O–H groups in total. The number of pyridine rings is 1. The van der Waals surface area contributed by atoms with Gasteiger partial charge in [-0.3, -0.25) is 14.7 Å². The van der Waals surface area contributed by atoms with Crippen LogP contribution in [0.2, 0.25) is 0 Å². The second kappa shape index (κ2) is 5.80. The molecule has 0 saturated carbocycles. The van der Waals surface area contributed by atoms with E-state index < -0.39 is 0 Å². The van der Waals surface area contributed by atoms with Gasteiger partial charge in [-0.2, -0.15) is 0 Å². The van der Waals surface area contributed by atoms with Crippen LogP contribution in [0.15, 0.2) is 30.6 Å². The zero-order valence-electron chi connectivity index (χ0n) is 11.6. The molecule has 0 aliphatic carbocycles. The average Bonchev–Trinajstić information content (AvgIpc) is 2.69. The summed E-state index contributed by atoms with van der Waals surface area (Å²) in [5.74, 6) is 0.147. The Morgan fingerprint density at radius 3 is 2.79 bits per heavy atom. The topological polar surface area (TPSA) is 49.0 Å². The first-order chi connectivity index (χ1) is 9.06. The summed E-state index contributed by atoms with van der Waals surface area (Å²) in [6.07, 6.45) is 3.58. The molecule has 0 atom stereocenters. The number of aromatic nitrogens is 2. The van der Waals surface area contributed by atoms with Gasteiger partial charge in [-0.15, -0.1) is 0 Å². The van der Waals surface area contributed by atoms with Crippen molar-refractivity contribution in [1.82, 2.24) is 14.9 Å². The van der Waals surface area contributed by atoms with Gasteiger partial charge in [0.15, 0.2) is 5.78 Å². The van der Waals surface area contributed by atoms with Gasteiger partial charge >= 0.3 is 0 Å². The van der Waals surface area contributed by atoms with Crippen molar-refractivity contribution in [3.8, 4) is 0 Å². The molecule has 0 aliphatic heterocycles. The maximum atomic E-state index is 12.2. The van der Waals surface area contributed by atoms with Crippen LogP contribution in [0.4, 0.5) is 0 Å². The first-order valence-electron chi connectivity index (χ1n) is 6.33. The van der Waals surface area contributed by atoms with Crippen molar-refractivity contribution in [2.45, 2.75) is 20.4 Å². The minimum absolute atomic E-state index is 0.147. The Labute approximate surface area is 113 Å². The third-order valence-corrected chi connectivity index (χ3v) is 3.04. The van der Waals surface area contributed by atoms with Crippen molar-refractivity contribution in [3.05, 3.63) is 53.1 Å². The maximum Gasteiger partial charge on any atom is 0.178 e. The fourth-order valence-electron chi connectivity index (χ4n) is 2.20. The number of carbonyl (C=O) groups is 1. The van der Waals surface area contributed by atoms with Crippen molar-refractivity contribution < 1.29 is 4.79 Å². The van der Waals surface area contributed by atoms with Gasteiger partial charge in [0, 0.05) is 35.9 Å². The van der Waals surface area contributed by atoms with Crippen molar-refractivity contribution in [2.75, 3.05) is 13.6 Å². The number of ketones is 1. The summed E-state index contributed by atoms with van der Waals surface area (Å²) in [7, 11) is 1.94. The van der Waals surface area contributed by atoms with Gasteiger partial charge in [-0.1, -0.05) is 6.07 Å². The van der Waals surface area contributed by atoms with Gasteiger partial charge < -0.3 is 4.98 Å². The Morgan fingerprint density at radius 2 is 2.21 bits per heavy atom. The van der Waals surface area contributed by atoms with E-state index in [0.717, 1.165) is 29.1 Å². The smallest absolute Gasteiger partial charge is 0.178 e. The molecule has 2 aromatic heterocycles. The van der Waals surface area contributed by atoms with Crippen LogP contribution >= 0.6 is 0 Å². The second-order valence-electron chi connectivity index (χ2n) is 4.95. The lowest BCUT2D eigenvalue weighted by Gasteiger charge is -2.15. The fourth-order valence-corrected chi connectivity index (χ4v) is 2.20. The Balaban J connectivity index is 1.97. The molecule has 2 rings (SSSR count). The lowest BCUT2D eigenvalue weighted by Crippen LogP contribution is -2.25. The molecule has 0 saturated heterocycles. The fraction of sp³-hybridized carbons (Fsp3) is 0.333. The zero-order chi connectivity index (χ0) is 13.8. The summed E-state index contributed by atoms with van der Waals surface area (Å²) in [5, 5.41) is 0. The molecule has 4 heteroatoms. The molecule has 2 aromatic rings. The standard InChI is InChI=1S/C15H19N3O/c1-11-7-14(12(2)17-11)15(19)10-18(3)9-13-5-4-6-16-8-13/h4-8,17H,9-10H2,1-3H3. The van der Waals surface area contributed by atoms with Crippen LogP contribution in [0.5, 0.6) is 0 Å². The summed E-state index contributed by atoms with van der Waals surface area (Å²) >= 11 is 0. The third-order valence-electron chi connectivity index (χ3n) is 3.04. The second-order valence-corrected chi connectivity index (χ2v) is 4.95. The largest absolute Gasteiger partial charge is 0.362 e. The summed E-state index contributed by atoms with van der Waals surface area (Å²) in [6.45, 7) is 5.03. The maximum absolute atomic E-state index is 12.2.